The van der Waals surface area contributed by atoms with Crippen LogP contribution in [-0.2, 0) is 6.42 Å². The van der Waals surface area contributed by atoms with E-state index in [1.54, 1.807) is 0 Å². The second-order valence-electron chi connectivity index (χ2n) is 5.13. The van der Waals surface area contributed by atoms with Gasteiger partial charge in [0, 0.05) is 24.0 Å². The average Bonchev–Trinajstić information content (AvgIpc) is 3.16. The number of rotatable bonds is 2. The van der Waals surface area contributed by atoms with E-state index < -0.39 is 0 Å². The molecule has 0 unspecified atom stereocenters. The molecule has 0 atom stereocenters. The van der Waals surface area contributed by atoms with E-state index in [-0.39, 0.29) is 0 Å². The van der Waals surface area contributed by atoms with Crippen molar-refractivity contribution in [2.24, 2.45) is 0 Å². The predicted octanol–water partition coefficient (Wildman–Crippen LogP) is 3.61. The molecule has 0 saturated heterocycles. The topological polar surface area (TPSA) is 35.0 Å². The highest BCUT2D eigenvalue weighted by atomic mass is 35.5. The number of fused-ring (bicyclic) bond motifs is 1. The Hall–Kier alpha value is -1.61. The summed E-state index contributed by atoms with van der Waals surface area (Å²) in [5, 5.41) is 0.531. The summed E-state index contributed by atoms with van der Waals surface area (Å²) in [7, 11) is 0. The number of aromatic nitrogens is 2. The van der Waals surface area contributed by atoms with Crippen molar-refractivity contribution in [3.63, 3.8) is 0 Å². The first kappa shape index (κ1) is 11.2. The van der Waals surface area contributed by atoms with Gasteiger partial charge in [-0.3, -0.25) is 0 Å². The van der Waals surface area contributed by atoms with Crippen LogP contribution in [0.4, 0.5) is 0 Å². The van der Waals surface area contributed by atoms with Crippen molar-refractivity contribution in [1.29, 1.82) is 0 Å². The van der Waals surface area contributed by atoms with Gasteiger partial charge in [0.05, 0.1) is 12.3 Å². The third-order valence-electron chi connectivity index (χ3n) is 3.64. The van der Waals surface area contributed by atoms with Crippen molar-refractivity contribution in [2.45, 2.75) is 25.2 Å². The van der Waals surface area contributed by atoms with Crippen LogP contribution in [0.3, 0.4) is 0 Å². The Morgan fingerprint density at radius 1 is 1.16 bits per heavy atom. The first-order valence-corrected chi connectivity index (χ1v) is 6.98. The molecule has 0 bridgehead atoms. The molecule has 1 aromatic carbocycles. The first-order chi connectivity index (χ1) is 9.29. The molecule has 2 heterocycles. The highest BCUT2D eigenvalue weighted by Crippen LogP contribution is 2.39. The van der Waals surface area contributed by atoms with Crippen molar-refractivity contribution < 1.29 is 4.74 Å². The lowest BCUT2D eigenvalue weighted by Crippen LogP contribution is -1.95. The Kier molecular flexibility index (Phi) is 2.49. The molecular weight excluding hydrogens is 260 g/mol. The maximum absolute atomic E-state index is 6.11. The van der Waals surface area contributed by atoms with E-state index in [1.165, 1.54) is 18.4 Å². The third-order valence-corrected chi connectivity index (χ3v) is 3.83. The van der Waals surface area contributed by atoms with Crippen molar-refractivity contribution >= 4 is 11.6 Å². The molecule has 0 spiro atoms. The summed E-state index contributed by atoms with van der Waals surface area (Å²) in [4.78, 5) is 8.98. The summed E-state index contributed by atoms with van der Waals surface area (Å²) >= 11 is 6.11. The van der Waals surface area contributed by atoms with Gasteiger partial charge in [-0.1, -0.05) is 11.6 Å². The van der Waals surface area contributed by atoms with E-state index in [4.69, 9.17) is 16.3 Å². The molecule has 4 heteroatoms. The van der Waals surface area contributed by atoms with Crippen molar-refractivity contribution in [1.82, 2.24) is 9.97 Å². The zero-order valence-corrected chi connectivity index (χ0v) is 11.2. The van der Waals surface area contributed by atoms with Crippen LogP contribution in [-0.4, -0.2) is 16.6 Å². The van der Waals surface area contributed by atoms with Gasteiger partial charge in [0.25, 0.3) is 0 Å². The van der Waals surface area contributed by atoms with Gasteiger partial charge in [0.1, 0.15) is 16.7 Å². The van der Waals surface area contributed by atoms with E-state index in [0.717, 1.165) is 35.9 Å². The van der Waals surface area contributed by atoms with Crippen LogP contribution >= 0.6 is 11.6 Å². The summed E-state index contributed by atoms with van der Waals surface area (Å²) in [5.74, 6) is 2.39. The lowest BCUT2D eigenvalue weighted by atomic mass is 10.1. The number of halogens is 1. The molecule has 1 aliphatic heterocycles. The Morgan fingerprint density at radius 2 is 2.05 bits per heavy atom. The molecule has 0 amide bonds. The van der Waals surface area contributed by atoms with Crippen molar-refractivity contribution in [2.75, 3.05) is 6.61 Å². The molecule has 2 aliphatic rings. The zero-order valence-electron chi connectivity index (χ0n) is 10.4. The quantitative estimate of drug-likeness (QED) is 0.784. The highest BCUT2D eigenvalue weighted by molar-refractivity contribution is 6.29. The molecular formula is C15H13ClN2O. The molecule has 1 aromatic heterocycles. The normalized spacial score (nSPS) is 17.1. The summed E-state index contributed by atoms with van der Waals surface area (Å²) in [6.07, 6.45) is 3.33. The van der Waals surface area contributed by atoms with Crippen molar-refractivity contribution in [3.8, 4) is 17.0 Å². The summed E-state index contributed by atoms with van der Waals surface area (Å²) in [5.41, 5.74) is 3.26. The molecule has 0 radical (unpaired) electrons. The Labute approximate surface area is 116 Å². The van der Waals surface area contributed by atoms with Gasteiger partial charge in [-0.25, -0.2) is 9.97 Å². The average molecular weight is 273 g/mol. The molecule has 4 rings (SSSR count). The SMILES string of the molecule is Clc1cc(-c2ccc3c(c2)CCO3)nc(C2CC2)n1. The second-order valence-corrected chi connectivity index (χ2v) is 5.52. The van der Waals surface area contributed by atoms with Gasteiger partial charge in [-0.05, 0) is 36.6 Å². The Morgan fingerprint density at radius 3 is 2.89 bits per heavy atom. The second kappa shape index (κ2) is 4.20. The van der Waals surface area contributed by atoms with Crippen molar-refractivity contribution in [3.05, 3.63) is 40.8 Å². The maximum atomic E-state index is 6.11. The molecule has 1 fully saturated rings. The highest BCUT2D eigenvalue weighted by Gasteiger charge is 2.27. The number of ether oxygens (including phenoxy) is 1. The molecule has 19 heavy (non-hydrogen) atoms. The number of hydrogen-bond donors (Lipinski definition) is 0. The van der Waals surface area contributed by atoms with Crippen LogP contribution in [0.2, 0.25) is 5.15 Å². The van der Waals surface area contributed by atoms with E-state index in [9.17, 15) is 0 Å². The zero-order chi connectivity index (χ0) is 12.8. The van der Waals surface area contributed by atoms with E-state index >= 15 is 0 Å². The summed E-state index contributed by atoms with van der Waals surface area (Å²) in [6.45, 7) is 0.774. The van der Waals surface area contributed by atoms with Gasteiger partial charge in [-0.15, -0.1) is 0 Å². The summed E-state index contributed by atoms with van der Waals surface area (Å²) in [6, 6.07) is 8.05. The monoisotopic (exact) mass is 272 g/mol. The fraction of sp³-hybridized carbons (Fsp3) is 0.333. The van der Waals surface area contributed by atoms with Gasteiger partial charge in [0.15, 0.2) is 0 Å². The van der Waals surface area contributed by atoms with E-state index in [0.29, 0.717) is 11.1 Å². The summed E-state index contributed by atoms with van der Waals surface area (Å²) < 4.78 is 5.53. The number of nitrogens with zero attached hydrogens (tertiary/aromatic N) is 2. The van der Waals surface area contributed by atoms with Crippen LogP contribution in [0.1, 0.15) is 30.1 Å². The van der Waals surface area contributed by atoms with Gasteiger partial charge in [0.2, 0.25) is 0 Å². The number of benzene rings is 1. The minimum absolute atomic E-state index is 0.509. The van der Waals surface area contributed by atoms with Crippen LogP contribution in [0, 0.1) is 0 Å². The fourth-order valence-electron chi connectivity index (χ4n) is 2.45. The van der Waals surface area contributed by atoms with Crippen LogP contribution in [0.25, 0.3) is 11.3 Å². The standard InChI is InChI=1S/C15H13ClN2O/c16-14-8-12(17-15(18-14)9-1-2-9)10-3-4-13-11(7-10)5-6-19-13/h3-4,7-9H,1-2,5-6H2. The van der Waals surface area contributed by atoms with E-state index in [1.807, 2.05) is 18.2 Å². The molecule has 96 valence electrons. The molecule has 2 aromatic rings. The van der Waals surface area contributed by atoms with E-state index in [2.05, 4.69) is 16.0 Å². The van der Waals surface area contributed by atoms with Crippen LogP contribution in [0.15, 0.2) is 24.3 Å². The molecule has 3 nitrogen and oxygen atoms in total. The third kappa shape index (κ3) is 2.08. The van der Waals surface area contributed by atoms with Crippen LogP contribution in [0.5, 0.6) is 5.75 Å². The first-order valence-electron chi connectivity index (χ1n) is 6.60. The van der Waals surface area contributed by atoms with Gasteiger partial charge < -0.3 is 4.74 Å². The maximum Gasteiger partial charge on any atom is 0.133 e. The molecule has 0 N–H and O–H groups in total. The smallest absolute Gasteiger partial charge is 0.133 e. The fourth-order valence-corrected chi connectivity index (χ4v) is 2.64. The Balaban J connectivity index is 1.79. The van der Waals surface area contributed by atoms with Gasteiger partial charge in [-0.2, -0.15) is 0 Å². The molecule has 1 saturated carbocycles. The lowest BCUT2D eigenvalue weighted by Gasteiger charge is -2.06. The molecule has 1 aliphatic carbocycles. The van der Waals surface area contributed by atoms with Gasteiger partial charge >= 0.3 is 0 Å². The predicted molar refractivity (Wildman–Crippen MR) is 73.7 cm³/mol. The Bertz CT molecular complexity index is 653. The van der Waals surface area contributed by atoms with Crippen LogP contribution < -0.4 is 4.74 Å². The minimum atomic E-state index is 0.509. The number of hydrogen-bond acceptors (Lipinski definition) is 3. The minimum Gasteiger partial charge on any atom is -0.493 e. The largest absolute Gasteiger partial charge is 0.493 e. The lowest BCUT2D eigenvalue weighted by molar-refractivity contribution is 0.357.